The van der Waals surface area contributed by atoms with Crippen molar-refractivity contribution < 1.29 is 19.0 Å². The van der Waals surface area contributed by atoms with Crippen LogP contribution < -0.4 is 9.47 Å². The molecule has 1 aliphatic carbocycles. The van der Waals surface area contributed by atoms with Gasteiger partial charge in [0.2, 0.25) is 0 Å². The maximum absolute atomic E-state index is 13.1. The maximum atomic E-state index is 13.1. The Hall–Kier alpha value is -3.71. The Morgan fingerprint density at radius 2 is 1.79 bits per heavy atom. The van der Waals surface area contributed by atoms with Gasteiger partial charge in [0, 0.05) is 19.7 Å². The van der Waals surface area contributed by atoms with E-state index in [2.05, 4.69) is 4.98 Å². The highest BCUT2D eigenvalue weighted by molar-refractivity contribution is 5.99. The molecule has 0 bridgehead atoms. The molecule has 2 aromatic carbocycles. The minimum absolute atomic E-state index is 0.00524. The van der Waals surface area contributed by atoms with Crippen molar-refractivity contribution in [3.05, 3.63) is 77.2 Å². The van der Waals surface area contributed by atoms with Crippen LogP contribution in [0, 0.1) is 0 Å². The van der Waals surface area contributed by atoms with Crippen LogP contribution in [0.4, 0.5) is 0 Å². The molecule has 7 nitrogen and oxygen atoms in total. The predicted octanol–water partition coefficient (Wildman–Crippen LogP) is 4.47. The summed E-state index contributed by atoms with van der Waals surface area (Å²) in [4.78, 5) is 17.8. The number of carbonyl (C=O) groups excluding carboxylic acids is 1. The van der Waals surface area contributed by atoms with Crippen LogP contribution in [-0.2, 0) is 17.8 Å². The lowest BCUT2D eigenvalue weighted by Crippen LogP contribution is -2.22. The Morgan fingerprint density at radius 3 is 2.52 bits per heavy atom. The predicted molar refractivity (Wildman–Crippen MR) is 124 cm³/mol. The molecule has 0 saturated carbocycles. The summed E-state index contributed by atoms with van der Waals surface area (Å²) in [6, 6.07) is 15.9. The van der Waals surface area contributed by atoms with Gasteiger partial charge in [-0.25, -0.2) is 9.50 Å². The first-order chi connectivity index (χ1) is 16.1. The third-order valence-corrected chi connectivity index (χ3v) is 6.21. The van der Waals surface area contributed by atoms with Crippen molar-refractivity contribution in [3.63, 3.8) is 0 Å². The molecule has 0 amide bonds. The van der Waals surface area contributed by atoms with Crippen molar-refractivity contribution in [2.75, 3.05) is 21.3 Å². The Bertz CT molecular complexity index is 1330. The number of methoxy groups -OCH3 is 3. The fourth-order valence-electron chi connectivity index (χ4n) is 4.62. The Labute approximate surface area is 191 Å². The van der Waals surface area contributed by atoms with E-state index in [1.807, 2.05) is 53.0 Å². The monoisotopic (exact) mass is 443 g/mol. The molecule has 0 N–H and O–H groups in total. The number of Topliss-reactive ketones (excluding diaryl/α,β-unsaturated/α-hetero) is 1. The van der Waals surface area contributed by atoms with Gasteiger partial charge in [-0.3, -0.25) is 4.79 Å². The first kappa shape index (κ1) is 21.2. The summed E-state index contributed by atoms with van der Waals surface area (Å²) in [6.07, 6.45) is 2.77. The summed E-state index contributed by atoms with van der Waals surface area (Å²) in [6.45, 7) is 0.357. The molecule has 5 rings (SSSR count). The first-order valence-corrected chi connectivity index (χ1v) is 10.8. The number of ketones is 1. The van der Waals surface area contributed by atoms with Gasteiger partial charge in [-0.15, -0.1) is 0 Å². The highest BCUT2D eigenvalue weighted by Gasteiger charge is 2.31. The van der Waals surface area contributed by atoms with Crippen molar-refractivity contribution in [2.45, 2.75) is 25.4 Å². The molecular formula is C26H25N3O4. The fraction of sp³-hybridized carbons (Fsp3) is 0.269. The molecule has 33 heavy (non-hydrogen) atoms. The normalized spacial score (nSPS) is 15.5. The van der Waals surface area contributed by atoms with Gasteiger partial charge >= 0.3 is 0 Å². The number of carbonyl (C=O) groups is 1. The second-order valence-electron chi connectivity index (χ2n) is 8.12. The van der Waals surface area contributed by atoms with E-state index < -0.39 is 0 Å². The van der Waals surface area contributed by atoms with E-state index in [1.165, 1.54) is 0 Å². The zero-order valence-corrected chi connectivity index (χ0v) is 18.9. The highest BCUT2D eigenvalue weighted by Crippen LogP contribution is 2.38. The summed E-state index contributed by atoms with van der Waals surface area (Å²) in [5.41, 5.74) is 6.01. The molecule has 7 heteroatoms. The molecule has 2 heterocycles. The maximum Gasteiger partial charge on any atom is 0.166 e. The number of nitrogens with zero attached hydrogens (tertiary/aromatic N) is 3. The van der Waals surface area contributed by atoms with Gasteiger partial charge in [-0.2, -0.15) is 5.10 Å². The van der Waals surface area contributed by atoms with E-state index >= 15 is 0 Å². The lowest BCUT2D eigenvalue weighted by molar-refractivity contribution is 0.0962. The second kappa shape index (κ2) is 8.67. The van der Waals surface area contributed by atoms with Crippen LogP contribution in [0.15, 0.2) is 54.7 Å². The zero-order valence-electron chi connectivity index (χ0n) is 18.9. The fourth-order valence-corrected chi connectivity index (χ4v) is 4.62. The van der Waals surface area contributed by atoms with Gasteiger partial charge in [0.05, 0.1) is 43.3 Å². The van der Waals surface area contributed by atoms with Gasteiger partial charge in [-0.1, -0.05) is 36.4 Å². The summed E-state index contributed by atoms with van der Waals surface area (Å²) in [5.74, 6) is 1.39. The molecule has 0 radical (unpaired) electrons. The number of hydrogen-bond acceptors (Lipinski definition) is 6. The van der Waals surface area contributed by atoms with Gasteiger partial charge in [-0.05, 0) is 35.6 Å². The van der Waals surface area contributed by atoms with Crippen LogP contribution in [0.1, 0.15) is 39.6 Å². The summed E-state index contributed by atoms with van der Waals surface area (Å²) in [7, 11) is 4.88. The lowest BCUT2D eigenvalue weighted by Gasteiger charge is -2.24. The quantitative estimate of drug-likeness (QED) is 0.438. The second-order valence-corrected chi connectivity index (χ2v) is 8.12. The van der Waals surface area contributed by atoms with Crippen molar-refractivity contribution >= 4 is 11.4 Å². The molecule has 1 unspecified atom stereocenters. The molecule has 0 saturated heterocycles. The number of fused-ring (bicyclic) bond motifs is 3. The van der Waals surface area contributed by atoms with Gasteiger partial charge in [0.25, 0.3) is 0 Å². The molecule has 1 atom stereocenters. The lowest BCUT2D eigenvalue weighted by atomic mass is 9.82. The molecule has 168 valence electrons. The van der Waals surface area contributed by atoms with E-state index in [1.54, 1.807) is 27.5 Å². The molecule has 0 spiro atoms. The largest absolute Gasteiger partial charge is 0.493 e. The molecule has 1 aliphatic rings. The van der Waals surface area contributed by atoms with Crippen LogP contribution in [-0.4, -0.2) is 41.7 Å². The molecular weight excluding hydrogens is 418 g/mol. The average molecular weight is 444 g/mol. The number of aromatic nitrogens is 3. The molecule has 2 aromatic heterocycles. The molecule has 0 aliphatic heterocycles. The Morgan fingerprint density at radius 1 is 1.00 bits per heavy atom. The summed E-state index contributed by atoms with van der Waals surface area (Å²) < 4.78 is 18.1. The number of ether oxygens (including phenoxy) is 3. The average Bonchev–Trinajstić information content (AvgIpc) is 3.22. The third kappa shape index (κ3) is 3.64. The standard InChI is InChI=1S/C26H25N3O4/c1-31-15-20-25(16-7-5-4-6-8-16)26-27-14-19-21(29(26)28-20)11-18(12-22(19)30)17-9-10-23(32-2)24(13-17)33-3/h4-10,13-14,18H,11-12,15H2,1-3H3. The molecule has 4 aromatic rings. The smallest absolute Gasteiger partial charge is 0.166 e. The summed E-state index contributed by atoms with van der Waals surface area (Å²) in [5, 5.41) is 4.85. The van der Waals surface area contributed by atoms with E-state index in [4.69, 9.17) is 19.3 Å². The van der Waals surface area contributed by atoms with Gasteiger partial charge in [0.15, 0.2) is 22.9 Å². The van der Waals surface area contributed by atoms with Crippen LogP contribution in [0.3, 0.4) is 0 Å². The van der Waals surface area contributed by atoms with Crippen LogP contribution in [0.5, 0.6) is 11.5 Å². The van der Waals surface area contributed by atoms with E-state index in [0.717, 1.165) is 33.7 Å². The Kier molecular flexibility index (Phi) is 5.56. The van der Waals surface area contributed by atoms with E-state index in [-0.39, 0.29) is 11.7 Å². The van der Waals surface area contributed by atoms with Gasteiger partial charge in [0.1, 0.15) is 0 Å². The minimum atomic E-state index is 0.00524. The third-order valence-electron chi connectivity index (χ3n) is 6.21. The number of hydrogen-bond donors (Lipinski definition) is 0. The van der Waals surface area contributed by atoms with Crippen LogP contribution in [0.2, 0.25) is 0 Å². The van der Waals surface area contributed by atoms with Crippen molar-refractivity contribution in [3.8, 4) is 22.6 Å². The first-order valence-electron chi connectivity index (χ1n) is 10.8. The Balaban J connectivity index is 1.64. The zero-order chi connectivity index (χ0) is 22.9. The van der Waals surface area contributed by atoms with Crippen LogP contribution >= 0.6 is 0 Å². The van der Waals surface area contributed by atoms with Crippen molar-refractivity contribution in [2.24, 2.45) is 0 Å². The van der Waals surface area contributed by atoms with Crippen LogP contribution in [0.25, 0.3) is 16.8 Å². The van der Waals surface area contributed by atoms with E-state index in [9.17, 15) is 4.79 Å². The number of rotatable bonds is 6. The topological polar surface area (TPSA) is 75.0 Å². The van der Waals surface area contributed by atoms with Gasteiger partial charge < -0.3 is 14.2 Å². The van der Waals surface area contributed by atoms with Crippen molar-refractivity contribution in [1.82, 2.24) is 14.6 Å². The molecule has 0 fully saturated rings. The minimum Gasteiger partial charge on any atom is -0.493 e. The van der Waals surface area contributed by atoms with Crippen molar-refractivity contribution in [1.29, 1.82) is 0 Å². The number of benzene rings is 2. The van der Waals surface area contributed by atoms with E-state index in [0.29, 0.717) is 36.5 Å². The highest BCUT2D eigenvalue weighted by atomic mass is 16.5. The SMILES string of the molecule is COCc1nn2c3c(cnc2c1-c1ccccc1)C(=O)CC(c1ccc(OC)c(OC)c1)C3. The summed E-state index contributed by atoms with van der Waals surface area (Å²) >= 11 is 0.